The molecular weight excluding hydrogens is 404 g/mol. The fraction of sp³-hybridized carbons (Fsp3) is 0.167. The molecule has 0 saturated carbocycles. The first-order chi connectivity index (χ1) is 15.6. The zero-order chi connectivity index (χ0) is 22.1. The van der Waals surface area contributed by atoms with Crippen LogP contribution >= 0.6 is 0 Å². The Morgan fingerprint density at radius 1 is 1.12 bits per heavy atom. The van der Waals surface area contributed by atoms with Crippen molar-refractivity contribution in [2.45, 2.75) is 0 Å². The third-order valence-electron chi connectivity index (χ3n) is 5.64. The van der Waals surface area contributed by atoms with E-state index in [-0.39, 0.29) is 11.8 Å². The second-order valence-electron chi connectivity index (χ2n) is 7.65. The number of benzene rings is 2. The van der Waals surface area contributed by atoms with Gasteiger partial charge in [0.1, 0.15) is 17.6 Å². The average Bonchev–Trinajstić information content (AvgIpc) is 3.24. The molecule has 1 amide bonds. The molecule has 2 aromatic heterocycles. The molecule has 158 valence electrons. The van der Waals surface area contributed by atoms with Gasteiger partial charge in [-0.1, -0.05) is 12.1 Å². The van der Waals surface area contributed by atoms with Crippen molar-refractivity contribution in [1.29, 1.82) is 5.26 Å². The van der Waals surface area contributed by atoms with Crippen LogP contribution in [0.2, 0.25) is 0 Å². The molecule has 0 aliphatic carbocycles. The Morgan fingerprint density at radius 2 is 1.88 bits per heavy atom. The first-order valence-corrected chi connectivity index (χ1v) is 10.2. The maximum Gasteiger partial charge on any atom is 0.231 e. The van der Waals surface area contributed by atoms with Gasteiger partial charge in [-0.3, -0.25) is 4.79 Å². The summed E-state index contributed by atoms with van der Waals surface area (Å²) in [6.45, 7) is 1.16. The Kier molecular flexibility index (Phi) is 4.92. The van der Waals surface area contributed by atoms with E-state index in [0.717, 1.165) is 28.2 Å². The predicted octanol–water partition coefficient (Wildman–Crippen LogP) is 3.35. The number of carbonyl (C=O) groups is 1. The van der Waals surface area contributed by atoms with Gasteiger partial charge in [0.05, 0.1) is 24.7 Å². The molecule has 1 saturated heterocycles. The molecule has 0 spiro atoms. The van der Waals surface area contributed by atoms with E-state index < -0.39 is 0 Å². The monoisotopic (exact) mass is 424 g/mol. The average molecular weight is 424 g/mol. The van der Waals surface area contributed by atoms with Crippen LogP contribution in [0.1, 0.15) is 5.56 Å². The lowest BCUT2D eigenvalue weighted by molar-refractivity contribution is -0.120. The van der Waals surface area contributed by atoms with Crippen LogP contribution in [-0.4, -0.2) is 40.7 Å². The van der Waals surface area contributed by atoms with Gasteiger partial charge in [-0.25, -0.2) is 9.50 Å². The third kappa shape index (κ3) is 3.61. The highest BCUT2D eigenvalue weighted by atomic mass is 16.5. The lowest BCUT2D eigenvalue weighted by Crippen LogP contribution is -2.52. The maximum absolute atomic E-state index is 12.6. The largest absolute Gasteiger partial charge is 0.497 e. The molecule has 1 fully saturated rings. The Balaban J connectivity index is 1.29. The molecule has 1 aliphatic heterocycles. The van der Waals surface area contributed by atoms with Gasteiger partial charge >= 0.3 is 0 Å². The first-order valence-electron chi connectivity index (χ1n) is 10.2. The molecule has 4 aromatic rings. The number of anilines is 2. The van der Waals surface area contributed by atoms with Gasteiger partial charge in [0.2, 0.25) is 5.91 Å². The lowest BCUT2D eigenvalue weighted by atomic mass is 9.99. The summed E-state index contributed by atoms with van der Waals surface area (Å²) in [5, 5.41) is 16.1. The summed E-state index contributed by atoms with van der Waals surface area (Å²) in [5.74, 6) is 1.45. The van der Waals surface area contributed by atoms with Crippen LogP contribution in [0, 0.1) is 17.2 Å². The van der Waals surface area contributed by atoms with E-state index in [1.54, 1.807) is 31.4 Å². The lowest BCUT2D eigenvalue weighted by Gasteiger charge is -2.39. The van der Waals surface area contributed by atoms with Gasteiger partial charge in [-0.2, -0.15) is 10.4 Å². The van der Waals surface area contributed by atoms with Crippen molar-refractivity contribution in [2.75, 3.05) is 30.4 Å². The van der Waals surface area contributed by atoms with Crippen molar-refractivity contribution < 1.29 is 9.53 Å². The molecule has 8 heteroatoms. The van der Waals surface area contributed by atoms with Crippen molar-refractivity contribution in [3.63, 3.8) is 0 Å². The number of nitrogens with zero attached hydrogens (tertiary/aromatic N) is 5. The Morgan fingerprint density at radius 3 is 2.56 bits per heavy atom. The number of nitrogens with one attached hydrogen (secondary N) is 1. The number of nitriles is 1. The summed E-state index contributed by atoms with van der Waals surface area (Å²) >= 11 is 0. The topological polar surface area (TPSA) is 95.5 Å². The highest BCUT2D eigenvalue weighted by molar-refractivity contribution is 5.94. The molecule has 8 nitrogen and oxygen atoms in total. The van der Waals surface area contributed by atoms with Gasteiger partial charge < -0.3 is 15.0 Å². The van der Waals surface area contributed by atoms with Crippen molar-refractivity contribution in [2.24, 2.45) is 5.92 Å². The van der Waals surface area contributed by atoms with E-state index in [4.69, 9.17) is 10.00 Å². The van der Waals surface area contributed by atoms with Crippen LogP contribution in [0.3, 0.4) is 0 Å². The maximum atomic E-state index is 12.6. The summed E-state index contributed by atoms with van der Waals surface area (Å²) < 4.78 is 7.05. The molecule has 3 heterocycles. The van der Waals surface area contributed by atoms with Gasteiger partial charge in [0.15, 0.2) is 5.82 Å². The fourth-order valence-corrected chi connectivity index (χ4v) is 3.79. The van der Waals surface area contributed by atoms with Gasteiger partial charge in [0, 0.05) is 30.5 Å². The molecular formula is C24H20N6O2. The van der Waals surface area contributed by atoms with Gasteiger partial charge in [-0.15, -0.1) is 0 Å². The van der Waals surface area contributed by atoms with E-state index in [1.165, 1.54) is 6.33 Å². The zero-order valence-electron chi connectivity index (χ0n) is 17.4. The zero-order valence-corrected chi connectivity index (χ0v) is 17.4. The van der Waals surface area contributed by atoms with E-state index in [9.17, 15) is 4.79 Å². The molecule has 1 N–H and O–H groups in total. The van der Waals surface area contributed by atoms with Crippen LogP contribution < -0.4 is 15.0 Å². The minimum Gasteiger partial charge on any atom is -0.497 e. The number of hydrogen-bond acceptors (Lipinski definition) is 6. The first kappa shape index (κ1) is 19.6. The molecule has 0 radical (unpaired) electrons. The summed E-state index contributed by atoms with van der Waals surface area (Å²) in [4.78, 5) is 19.1. The Hall–Kier alpha value is -4.38. The number of methoxy groups -OCH3 is 1. The summed E-state index contributed by atoms with van der Waals surface area (Å²) in [6.07, 6.45) is 3.50. The number of aromatic nitrogens is 3. The second kappa shape index (κ2) is 8.04. The molecule has 0 atom stereocenters. The normalized spacial score (nSPS) is 13.4. The van der Waals surface area contributed by atoms with Crippen LogP contribution in [0.25, 0.3) is 16.6 Å². The summed E-state index contributed by atoms with van der Waals surface area (Å²) in [5.41, 5.74) is 4.24. The van der Waals surface area contributed by atoms with Crippen molar-refractivity contribution in [3.8, 4) is 22.9 Å². The minimum absolute atomic E-state index is 0.0367. The third-order valence-corrected chi connectivity index (χ3v) is 5.64. The number of fused-ring (bicyclic) bond motifs is 1. The van der Waals surface area contributed by atoms with Crippen LogP contribution in [0.15, 0.2) is 67.1 Å². The number of amides is 1. The van der Waals surface area contributed by atoms with Crippen molar-refractivity contribution in [1.82, 2.24) is 14.6 Å². The number of rotatable bonds is 5. The molecule has 32 heavy (non-hydrogen) atoms. The van der Waals surface area contributed by atoms with E-state index in [0.29, 0.717) is 24.3 Å². The predicted molar refractivity (Wildman–Crippen MR) is 120 cm³/mol. The fourth-order valence-electron chi connectivity index (χ4n) is 3.79. The Bertz CT molecular complexity index is 1320. The second-order valence-corrected chi connectivity index (χ2v) is 7.65. The van der Waals surface area contributed by atoms with E-state index >= 15 is 0 Å². The quantitative estimate of drug-likeness (QED) is 0.528. The molecule has 1 aliphatic rings. The highest BCUT2D eigenvalue weighted by Gasteiger charge is 2.34. The SMILES string of the molecule is COc1ccc(-c2cc3c(N4CC(C(=O)Nc5ccc(C#N)cc5)C4)ncnn3c2)cc1. The molecule has 5 rings (SSSR count). The van der Waals surface area contributed by atoms with Crippen molar-refractivity contribution in [3.05, 3.63) is 72.7 Å². The number of ether oxygens (including phenoxy) is 1. The van der Waals surface area contributed by atoms with Gasteiger partial charge in [-0.05, 0) is 48.0 Å². The van der Waals surface area contributed by atoms with E-state index in [1.807, 2.05) is 35.0 Å². The smallest absolute Gasteiger partial charge is 0.231 e. The van der Waals surface area contributed by atoms with Crippen LogP contribution in [-0.2, 0) is 4.79 Å². The van der Waals surface area contributed by atoms with Crippen LogP contribution in [0.4, 0.5) is 11.5 Å². The summed E-state index contributed by atoms with van der Waals surface area (Å²) in [7, 11) is 1.65. The molecule has 0 unspecified atom stereocenters. The van der Waals surface area contributed by atoms with Crippen molar-refractivity contribution >= 4 is 22.9 Å². The number of hydrogen-bond donors (Lipinski definition) is 1. The standard InChI is InChI=1S/C24H20N6O2/c1-32-21-8-4-17(5-9-21)18-10-22-23(26-15-27-30(22)14-18)29-12-19(13-29)24(31)28-20-6-2-16(11-25)3-7-20/h2-10,14-15,19H,12-13H2,1H3,(H,28,31). The van der Waals surface area contributed by atoms with Gasteiger partial charge in [0.25, 0.3) is 0 Å². The minimum atomic E-state index is -0.128. The highest BCUT2D eigenvalue weighted by Crippen LogP contribution is 2.31. The van der Waals surface area contributed by atoms with E-state index in [2.05, 4.69) is 32.4 Å². The summed E-state index contributed by atoms with van der Waals surface area (Å²) in [6, 6.07) is 18.8. The molecule has 0 bridgehead atoms. The Labute approximate surface area is 184 Å². The molecule has 2 aromatic carbocycles. The number of carbonyl (C=O) groups excluding carboxylic acids is 1. The van der Waals surface area contributed by atoms with Crippen LogP contribution in [0.5, 0.6) is 5.75 Å².